The van der Waals surface area contributed by atoms with Crippen molar-refractivity contribution in [2.24, 2.45) is 0 Å². The Balaban J connectivity index is 1.46. The Bertz CT molecular complexity index is 1610. The maximum atomic E-state index is 13.6. The number of likely N-dealkylation sites (N-methyl/N-ethyl adjacent to an activating group) is 1. The van der Waals surface area contributed by atoms with Crippen molar-refractivity contribution in [1.82, 2.24) is 9.88 Å². The van der Waals surface area contributed by atoms with Crippen LogP contribution in [0.1, 0.15) is 33.2 Å². The summed E-state index contributed by atoms with van der Waals surface area (Å²) < 4.78 is 1.70. The molecular weight excluding hydrogens is 577 g/mol. The van der Waals surface area contributed by atoms with Crippen LogP contribution >= 0.6 is 11.6 Å². The van der Waals surface area contributed by atoms with E-state index in [-0.39, 0.29) is 30.0 Å². The van der Waals surface area contributed by atoms with Gasteiger partial charge in [0, 0.05) is 5.02 Å². The number of nitrogens with zero attached hydrogens (tertiary/aromatic N) is 2. The van der Waals surface area contributed by atoms with Gasteiger partial charge in [-0.1, -0.05) is 11.6 Å². The molecule has 2 amide bonds. The second-order valence-electron chi connectivity index (χ2n) is 9.90. The van der Waals surface area contributed by atoms with Gasteiger partial charge in [0.15, 0.2) is 0 Å². The number of hydrogen-bond acceptors (Lipinski definition) is 4. The zero-order chi connectivity index (χ0) is 27.7. The summed E-state index contributed by atoms with van der Waals surface area (Å²) in [6, 6.07) is 20.5. The number of pyridine rings is 1. The molecule has 0 saturated heterocycles. The summed E-state index contributed by atoms with van der Waals surface area (Å²) in [5.41, 5.74) is 5.84. The van der Waals surface area contributed by atoms with E-state index in [1.807, 2.05) is 54.6 Å². The predicted octanol–water partition coefficient (Wildman–Crippen LogP) is 4.50. The minimum atomic E-state index is -1.52. The fraction of sp³-hybridized carbons (Fsp3) is 0.233. The quantitative estimate of drug-likeness (QED) is 0.290. The molecule has 1 aromatic heterocycles. The van der Waals surface area contributed by atoms with E-state index in [1.54, 1.807) is 28.6 Å². The molecule has 0 radical (unpaired) electrons. The zero-order valence-electron chi connectivity index (χ0n) is 21.7. The van der Waals surface area contributed by atoms with E-state index in [1.165, 1.54) is 6.20 Å². The van der Waals surface area contributed by atoms with Crippen LogP contribution in [-0.4, -0.2) is 43.2 Å². The van der Waals surface area contributed by atoms with Crippen molar-refractivity contribution in [2.75, 3.05) is 11.9 Å². The summed E-state index contributed by atoms with van der Waals surface area (Å²) in [4.78, 5) is 41.2. The number of carbonyl (C=O) groups is 2. The Morgan fingerprint density at radius 2 is 1.79 bits per heavy atom. The number of aromatic nitrogens is 1. The molecule has 0 spiro atoms. The number of halogens is 1. The summed E-state index contributed by atoms with van der Waals surface area (Å²) >= 11 is 4.42. The summed E-state index contributed by atoms with van der Waals surface area (Å²) in [6.45, 7) is 0.291. The fourth-order valence-corrected chi connectivity index (χ4v) is 8.70. The fourth-order valence-electron chi connectivity index (χ4n) is 4.93. The number of anilines is 1. The summed E-state index contributed by atoms with van der Waals surface area (Å²) in [5.74, 6) is -0.615. The monoisotopic (exact) mass is 605 g/mol. The second kappa shape index (κ2) is 11.4. The molecule has 1 aliphatic heterocycles. The van der Waals surface area contributed by atoms with E-state index in [0.717, 1.165) is 21.9 Å². The predicted molar refractivity (Wildman–Crippen MR) is 156 cm³/mol. The number of amides is 2. The molecule has 2 N–H and O–H groups in total. The van der Waals surface area contributed by atoms with Gasteiger partial charge in [-0.2, -0.15) is 0 Å². The number of hydrogen-bond donors (Lipinski definition) is 2. The van der Waals surface area contributed by atoms with E-state index >= 15 is 0 Å². The van der Waals surface area contributed by atoms with Crippen molar-refractivity contribution < 1.29 is 14.7 Å². The Hall–Kier alpha value is -3.38. The summed E-state index contributed by atoms with van der Waals surface area (Å²) in [5, 5.41) is 16.0. The van der Waals surface area contributed by atoms with Gasteiger partial charge in [0.1, 0.15) is 0 Å². The van der Waals surface area contributed by atoms with Gasteiger partial charge in [-0.3, -0.25) is 0 Å². The third kappa shape index (κ3) is 5.81. The van der Waals surface area contributed by atoms with Gasteiger partial charge < -0.3 is 0 Å². The van der Waals surface area contributed by atoms with E-state index in [0.29, 0.717) is 26.8 Å². The number of rotatable bonds is 8. The second-order valence-corrected chi connectivity index (χ2v) is 15.4. The molecule has 0 saturated carbocycles. The first-order chi connectivity index (χ1) is 18.7. The van der Waals surface area contributed by atoms with E-state index < -0.39 is 26.7 Å². The van der Waals surface area contributed by atoms with Crippen molar-refractivity contribution in [3.05, 3.63) is 110 Å². The average Bonchev–Trinajstić information content (AvgIpc) is 2.93. The van der Waals surface area contributed by atoms with Crippen molar-refractivity contribution in [1.29, 1.82) is 0 Å². The van der Waals surface area contributed by atoms with Crippen LogP contribution in [0.15, 0.2) is 77.7 Å². The van der Waals surface area contributed by atoms with Gasteiger partial charge in [0.05, 0.1) is 0 Å². The molecule has 0 bridgehead atoms. The van der Waals surface area contributed by atoms with Crippen molar-refractivity contribution in [3.63, 3.8) is 0 Å². The molecule has 200 valence electrons. The Kier molecular flexibility index (Phi) is 7.94. The molecule has 9 heteroatoms. The third-order valence-electron chi connectivity index (χ3n) is 6.98. The van der Waals surface area contributed by atoms with Gasteiger partial charge in [0.25, 0.3) is 0 Å². The van der Waals surface area contributed by atoms with Crippen molar-refractivity contribution in [3.8, 4) is 0 Å². The Labute approximate surface area is 236 Å². The number of benzene rings is 3. The van der Waals surface area contributed by atoms with Crippen LogP contribution in [0.5, 0.6) is 0 Å². The van der Waals surface area contributed by atoms with Crippen LogP contribution in [0.25, 0.3) is 10.9 Å². The maximum absolute atomic E-state index is 13.6. The molecule has 0 aliphatic carbocycles. The Morgan fingerprint density at radius 3 is 2.51 bits per heavy atom. The molecule has 3 aromatic carbocycles. The third-order valence-corrected chi connectivity index (χ3v) is 11.2. The molecule has 7 nitrogen and oxygen atoms in total. The topological polar surface area (TPSA) is 91.6 Å². The van der Waals surface area contributed by atoms with Gasteiger partial charge in [-0.15, -0.1) is 0 Å². The molecular formula is C30H29AsClN3O4. The number of aliphatic hydroxyl groups excluding tert-OH is 1. The van der Waals surface area contributed by atoms with Crippen LogP contribution in [0.2, 0.25) is 15.9 Å². The molecule has 39 heavy (non-hydrogen) atoms. The van der Waals surface area contributed by atoms with E-state index in [2.05, 4.69) is 11.0 Å². The van der Waals surface area contributed by atoms with Crippen molar-refractivity contribution in [2.45, 2.75) is 35.3 Å². The van der Waals surface area contributed by atoms with Crippen LogP contribution < -0.4 is 15.6 Å². The Morgan fingerprint density at radius 1 is 1.08 bits per heavy atom. The van der Waals surface area contributed by atoms with E-state index in [9.17, 15) is 19.5 Å². The first-order valence-electron chi connectivity index (χ1n) is 12.6. The molecule has 1 unspecified atom stereocenters. The number of nitrogens with one attached hydrogen (secondary N) is 1. The molecule has 2 heterocycles. The average molecular weight is 606 g/mol. The van der Waals surface area contributed by atoms with Gasteiger partial charge >= 0.3 is 220 Å². The zero-order valence-corrected chi connectivity index (χ0v) is 24.4. The number of carbonyl (C=O) groups excluding carboxylic acids is 2. The molecule has 2 atom stereocenters. The van der Waals surface area contributed by atoms with Gasteiger partial charge in [-0.05, 0) is 0 Å². The number of aliphatic hydroxyl groups is 1. The van der Waals surface area contributed by atoms with E-state index in [4.69, 9.17) is 11.6 Å². The summed E-state index contributed by atoms with van der Waals surface area (Å²) in [7, 11) is 1.71. The summed E-state index contributed by atoms with van der Waals surface area (Å²) in [6.07, 6.45) is 0.955. The first kappa shape index (κ1) is 27.2. The van der Waals surface area contributed by atoms with Crippen LogP contribution in [-0.2, 0) is 23.1 Å². The molecule has 5 rings (SSSR count). The molecule has 1 aliphatic rings. The van der Waals surface area contributed by atoms with Crippen LogP contribution in [0.3, 0.4) is 0 Å². The molecule has 4 aromatic rings. The molecule has 0 fully saturated rings. The van der Waals surface area contributed by atoms with Crippen LogP contribution in [0, 0.1) is 0 Å². The van der Waals surface area contributed by atoms with Gasteiger partial charge in [0.2, 0.25) is 0 Å². The van der Waals surface area contributed by atoms with Gasteiger partial charge in [-0.25, -0.2) is 0 Å². The van der Waals surface area contributed by atoms with Crippen LogP contribution in [0.4, 0.5) is 5.69 Å². The normalized spacial score (nSPS) is 14.4. The SMILES string of the molecule is CN1C(=O)Cn2cc(C(=O)NCc3ccc(Cl)cc3)c(=O)c3cc(C[As](C)C[C@@H](O)c4ccccc4)cc1c32. The minimum absolute atomic E-state index is 0.00215. The standard InChI is InChI=1S/C30H29AsClN3O4/c1-31(15-26(36)21-6-4-3-5-7-21)14-20-12-23-28-25(13-20)34(2)27(37)18-35(28)17-24(29(23)38)30(39)33-16-19-8-10-22(32)11-9-19/h3-13,17,26,36H,14-16,18H2,1-2H3,(H,33,39)/t26-,31?/m1/s1. The first-order valence-corrected chi connectivity index (χ1v) is 17.5. The van der Waals surface area contributed by atoms with Crippen molar-refractivity contribution >= 4 is 54.7 Å².